The fraction of sp³-hybridized carbons (Fsp3) is 0.291. The molecule has 117 heavy (non-hydrogen) atoms. The highest BCUT2D eigenvalue weighted by Crippen LogP contribution is 2.29. The molecule has 0 saturated carbocycles. The highest BCUT2D eigenvalue weighted by molar-refractivity contribution is 9.10. The van der Waals surface area contributed by atoms with Gasteiger partial charge in [0, 0.05) is 29.7 Å². The van der Waals surface area contributed by atoms with Crippen LogP contribution in [0.3, 0.4) is 0 Å². The molecule has 0 spiro atoms. The van der Waals surface area contributed by atoms with E-state index in [0.717, 1.165) is 33.9 Å². The first kappa shape index (κ1) is 105. The minimum atomic E-state index is -3.44. The number of nitrogen functional groups attached to an aromatic ring is 3. The average Bonchev–Trinajstić information content (AvgIpc) is 1.66. The standard InChI is InChI=1S/C10H11ClO4S.C10H9NO2.C10H12O3.C9H8Cl2O2.C8H11N3O2.C8H10N2O2.C8H10O4S2.C8H10O2S.C7H7BrO2S.CH4/c1-3-15-10(12)7-4-5-8(11)9(6-7)16(2,13)14;1-2-11-9(12)7-5-3-4-6-8(7)10(11)13;1-3-13-10(11)8-6-4-5-7-9(8)12-2;1-2-13-9(12)6-4-3-5-7(10)8(6)11;1-2-13-8(12)5-3-4-6(9)11-7(5)10;1-2-12-8(11)6-4-3-5-10-7(6)9;1-3-12-8(9)6-4-5-7(13-6)14(2,10)11;1-3-10-8(9)7-6(2)4-5-11-7;1-2-10-7(9)6-5(8)3-4-11-6;/h4-6H,3H2,1-2H3;3-6H,2H2,1H3;4-7H,3H2,1-2H3;3-5H,2H2,1H3;3-4H,2H2,1H3,(H4,9,10,11);3-5H,2H2,1H3,(H2,9,10);4-5H,3H2,1-2H3;4-5H,3H2,1-2H3;3-4H,2H2,1H3;1H4. The first-order valence-corrected chi connectivity index (χ1v) is 42.9. The third-order valence-corrected chi connectivity index (χ3v) is 21.8. The van der Waals surface area contributed by atoms with Gasteiger partial charge in [0.25, 0.3) is 11.8 Å². The number of pyridine rings is 2. The molecule has 1 aliphatic rings. The molecule has 6 heterocycles. The molecule has 10 rings (SSSR count). The van der Waals surface area contributed by atoms with Crippen molar-refractivity contribution in [2.24, 2.45) is 0 Å². The molecule has 9 aromatic rings. The lowest BCUT2D eigenvalue weighted by Gasteiger charge is -2.08. The zero-order valence-electron chi connectivity index (χ0n) is 65.3. The van der Waals surface area contributed by atoms with Crippen LogP contribution in [0.2, 0.25) is 15.1 Å². The summed E-state index contributed by atoms with van der Waals surface area (Å²) < 4.78 is 89.1. The first-order chi connectivity index (χ1) is 54.9. The van der Waals surface area contributed by atoms with E-state index in [1.807, 2.05) is 35.9 Å². The maximum absolute atomic E-state index is 11.5. The Hall–Kier alpha value is -10.4. The highest BCUT2D eigenvalue weighted by atomic mass is 79.9. The van der Waals surface area contributed by atoms with E-state index in [-0.39, 0.29) is 98.1 Å². The van der Waals surface area contributed by atoms with Gasteiger partial charge in [-0.15, -0.1) is 34.0 Å². The van der Waals surface area contributed by atoms with Gasteiger partial charge in [-0.05, 0) is 205 Å². The molecule has 5 aromatic heterocycles. The second kappa shape index (κ2) is 54.5. The normalized spacial score (nSPS) is 10.5. The molecule has 634 valence electrons. The summed E-state index contributed by atoms with van der Waals surface area (Å²) in [6.07, 6.45) is 3.66. The Morgan fingerprint density at radius 3 is 1.39 bits per heavy atom. The number of aromatic nitrogens is 2. The fourth-order valence-corrected chi connectivity index (χ4v) is 14.2. The lowest BCUT2D eigenvalue weighted by molar-refractivity contribution is 0.0513. The van der Waals surface area contributed by atoms with Crippen molar-refractivity contribution in [3.8, 4) is 5.75 Å². The van der Waals surface area contributed by atoms with Gasteiger partial charge in [0.15, 0.2) is 19.7 Å². The van der Waals surface area contributed by atoms with Crippen molar-refractivity contribution in [3.05, 3.63) is 229 Å². The molecule has 29 nitrogen and oxygen atoms in total. The van der Waals surface area contributed by atoms with Gasteiger partial charge in [0.05, 0.1) is 102 Å². The van der Waals surface area contributed by atoms with E-state index in [9.17, 15) is 64.8 Å². The number of aryl methyl sites for hydroxylation is 1. The first-order valence-electron chi connectivity index (χ1n) is 34.6. The smallest absolute Gasteiger partial charge is 0.349 e. The van der Waals surface area contributed by atoms with E-state index in [0.29, 0.717) is 99.4 Å². The van der Waals surface area contributed by atoms with Gasteiger partial charge in [-0.25, -0.2) is 65.2 Å². The van der Waals surface area contributed by atoms with Gasteiger partial charge in [0.2, 0.25) is 0 Å². The Bertz CT molecular complexity index is 4930. The lowest BCUT2D eigenvalue weighted by atomic mass is 10.1. The molecule has 1 aliphatic heterocycles. The molecule has 0 unspecified atom stereocenters. The fourth-order valence-electron chi connectivity index (χ4n) is 8.46. The number of methoxy groups -OCH3 is 1. The van der Waals surface area contributed by atoms with Crippen molar-refractivity contribution in [1.82, 2.24) is 14.9 Å². The van der Waals surface area contributed by atoms with Crippen molar-refractivity contribution in [3.63, 3.8) is 0 Å². The van der Waals surface area contributed by atoms with Crippen LogP contribution >= 0.6 is 84.7 Å². The molecule has 38 heteroatoms. The predicted molar refractivity (Wildman–Crippen MR) is 456 cm³/mol. The van der Waals surface area contributed by atoms with Gasteiger partial charge in [-0.3, -0.25) is 14.5 Å². The van der Waals surface area contributed by atoms with Crippen LogP contribution in [0.4, 0.5) is 17.5 Å². The maximum atomic E-state index is 11.5. The Kier molecular flexibility index (Phi) is 48.8. The summed E-state index contributed by atoms with van der Waals surface area (Å²) >= 11 is 24.2. The van der Waals surface area contributed by atoms with Crippen LogP contribution in [-0.4, -0.2) is 170 Å². The second-order valence-electron chi connectivity index (χ2n) is 21.9. The number of fused-ring (bicyclic) bond motifs is 1. The van der Waals surface area contributed by atoms with Crippen LogP contribution in [0.5, 0.6) is 5.75 Å². The number of esters is 8. The molecule has 0 fully saturated rings. The zero-order valence-corrected chi connectivity index (χ0v) is 73.3. The third-order valence-electron chi connectivity index (χ3n) is 13.7. The van der Waals surface area contributed by atoms with E-state index in [1.165, 1.54) is 83.3 Å². The summed E-state index contributed by atoms with van der Waals surface area (Å²) in [7, 11) is -5.14. The number of carbonyl (C=O) groups excluding carboxylic acids is 10. The SMILES string of the molecule is C.CCN1C(=O)c2ccccc2C1=O.CCOC(=O)c1ccc(Cl)c(S(C)(=O)=O)c1.CCOC(=O)c1ccc(N)nc1N.CCOC(=O)c1ccc(S(C)(=O)=O)s1.CCOC(=O)c1cccc(Cl)c1Cl.CCOC(=O)c1ccccc1OC.CCOC(=O)c1cccnc1N.CCOC(=O)c1sccc1Br.CCOC(=O)c1sccc1C. The van der Waals surface area contributed by atoms with Gasteiger partial charge >= 0.3 is 47.8 Å². The Balaban J connectivity index is 0.000000659. The van der Waals surface area contributed by atoms with E-state index in [1.54, 1.807) is 135 Å². The number of anilines is 3. The number of hydrogen-bond acceptors (Lipinski definition) is 31. The van der Waals surface area contributed by atoms with Crippen LogP contribution in [0.15, 0.2) is 164 Å². The topological polar surface area (TPSA) is 429 Å². The number of rotatable bonds is 20. The van der Waals surface area contributed by atoms with E-state index in [4.69, 9.17) is 94.6 Å². The number of imide groups is 1. The van der Waals surface area contributed by atoms with E-state index >= 15 is 0 Å². The van der Waals surface area contributed by atoms with Crippen molar-refractivity contribution < 1.29 is 107 Å². The number of thiophene rings is 3. The number of halogens is 4. The lowest BCUT2D eigenvalue weighted by Crippen LogP contribution is -2.29. The number of hydrogen-bond donors (Lipinski definition) is 3. The van der Waals surface area contributed by atoms with Crippen molar-refractivity contribution in [2.75, 3.05) is 96.2 Å². The van der Waals surface area contributed by atoms with Crippen molar-refractivity contribution in [1.29, 1.82) is 0 Å². The minimum absolute atomic E-state index is 0. The molecule has 0 aliphatic carbocycles. The maximum Gasteiger partial charge on any atom is 0.349 e. The number of sulfone groups is 2. The number of carbonyl (C=O) groups is 10. The minimum Gasteiger partial charge on any atom is -0.496 e. The van der Waals surface area contributed by atoms with Crippen LogP contribution in [0.25, 0.3) is 0 Å². The van der Waals surface area contributed by atoms with E-state index in [2.05, 4.69) is 25.9 Å². The number of ether oxygens (including phenoxy) is 9. The predicted octanol–water partition coefficient (Wildman–Crippen LogP) is 16.4. The molecular weight excluding hydrogens is 1750 g/mol. The molecule has 0 saturated heterocycles. The summed E-state index contributed by atoms with van der Waals surface area (Å²) in [6.45, 7) is 20.8. The Morgan fingerprint density at radius 2 is 0.932 bits per heavy atom. The van der Waals surface area contributed by atoms with Crippen molar-refractivity contribution >= 4 is 181 Å². The Morgan fingerprint density at radius 1 is 0.479 bits per heavy atom. The van der Waals surface area contributed by atoms with Crippen LogP contribution in [-0.2, 0) is 57.6 Å². The quantitative estimate of drug-likeness (QED) is 0.0362. The van der Waals surface area contributed by atoms with Crippen LogP contribution < -0.4 is 21.9 Å². The monoisotopic (exact) mass is 1840 g/mol. The van der Waals surface area contributed by atoms with Crippen LogP contribution in [0, 0.1) is 6.92 Å². The zero-order chi connectivity index (χ0) is 87.4. The second-order valence-corrected chi connectivity index (χ2v) is 31.1. The summed E-state index contributed by atoms with van der Waals surface area (Å²) in [4.78, 5) is 123. The average molecular weight is 1840 g/mol. The molecule has 2 amide bonds. The van der Waals surface area contributed by atoms with Gasteiger partial charge < -0.3 is 59.8 Å². The molecule has 0 atom stereocenters. The summed E-state index contributed by atoms with van der Waals surface area (Å²) in [6, 6.07) is 35.6. The number of para-hydroxylation sites is 1. The van der Waals surface area contributed by atoms with E-state index < -0.39 is 49.5 Å². The summed E-state index contributed by atoms with van der Waals surface area (Å²) in [5.41, 5.74) is 19.8. The third kappa shape index (κ3) is 35.2. The Labute approximate surface area is 715 Å². The number of nitrogens with two attached hydrogens (primary N) is 3. The van der Waals surface area contributed by atoms with Crippen LogP contribution in [0.1, 0.15) is 177 Å². The molecule has 0 radical (unpaired) electrons. The molecule has 0 bridgehead atoms. The van der Waals surface area contributed by atoms with Gasteiger partial charge in [-0.2, -0.15) is 0 Å². The van der Waals surface area contributed by atoms with Gasteiger partial charge in [0.1, 0.15) is 58.7 Å². The van der Waals surface area contributed by atoms with Gasteiger partial charge in [-0.1, -0.05) is 72.6 Å². The molecule has 6 N–H and O–H groups in total. The number of nitrogens with zero attached hydrogens (tertiary/aromatic N) is 3. The number of amides is 2. The summed E-state index contributed by atoms with van der Waals surface area (Å²) in [5, 5.41) is 4.42. The molecule has 4 aromatic carbocycles. The highest BCUT2D eigenvalue weighted by Gasteiger charge is 2.33. The largest absolute Gasteiger partial charge is 0.496 e. The summed E-state index contributed by atoms with van der Waals surface area (Å²) in [5.74, 6) is -2.44. The van der Waals surface area contributed by atoms with Crippen molar-refractivity contribution in [2.45, 2.75) is 85.8 Å². The number of benzene rings is 4. The molecular formula is C79H92BrCl3N6O23S5.